The molecule has 1 aromatic rings. The summed E-state index contributed by atoms with van der Waals surface area (Å²) < 4.78 is 5.31. The van der Waals surface area contributed by atoms with Gasteiger partial charge in [0.25, 0.3) is 0 Å². The molecule has 1 aromatic carbocycles. The highest BCUT2D eigenvalue weighted by atomic mass is 16.6. The molecule has 0 aromatic heterocycles. The Bertz CT molecular complexity index is 468. The lowest BCUT2D eigenvalue weighted by Gasteiger charge is -2.19. The van der Waals surface area contributed by atoms with Crippen molar-refractivity contribution in [3.8, 4) is 0 Å². The maximum atomic E-state index is 11.7. The number of ether oxygens (including phenoxy) is 1. The van der Waals surface area contributed by atoms with E-state index in [1.807, 2.05) is 32.9 Å². The lowest BCUT2D eigenvalue weighted by Crippen LogP contribution is -2.22. The zero-order valence-electron chi connectivity index (χ0n) is 12.6. The molecule has 1 aliphatic rings. The molecule has 0 unspecified atom stereocenters. The number of carbonyl (C=O) groups is 1. The molecule has 0 aliphatic heterocycles. The van der Waals surface area contributed by atoms with E-state index in [1.54, 1.807) is 6.08 Å². The van der Waals surface area contributed by atoms with Gasteiger partial charge >= 0.3 is 5.97 Å². The highest BCUT2D eigenvalue weighted by Crippen LogP contribution is 2.40. The topological polar surface area (TPSA) is 26.3 Å². The Labute approximate surface area is 121 Å². The number of allylic oxidation sites excluding steroid dienone is 1. The number of benzene rings is 1. The number of carbonyl (C=O) groups excluding carboxylic acids is 1. The molecule has 2 heteroatoms. The zero-order valence-corrected chi connectivity index (χ0v) is 12.6. The van der Waals surface area contributed by atoms with Crippen LogP contribution in [-0.4, -0.2) is 11.6 Å². The molecular weight excluding hydrogens is 248 g/mol. The van der Waals surface area contributed by atoms with E-state index in [-0.39, 0.29) is 5.97 Å². The van der Waals surface area contributed by atoms with Crippen LogP contribution in [0.5, 0.6) is 0 Å². The van der Waals surface area contributed by atoms with E-state index in [9.17, 15) is 4.79 Å². The van der Waals surface area contributed by atoms with Gasteiger partial charge in [0.15, 0.2) is 0 Å². The Morgan fingerprint density at radius 2 is 1.90 bits per heavy atom. The van der Waals surface area contributed by atoms with E-state index in [2.05, 4.69) is 24.3 Å². The Morgan fingerprint density at radius 3 is 2.55 bits per heavy atom. The monoisotopic (exact) mass is 272 g/mol. The minimum absolute atomic E-state index is 0.240. The summed E-state index contributed by atoms with van der Waals surface area (Å²) in [5, 5.41) is 0. The van der Waals surface area contributed by atoms with Crippen molar-refractivity contribution < 1.29 is 9.53 Å². The highest BCUT2D eigenvalue weighted by molar-refractivity contribution is 5.82. The van der Waals surface area contributed by atoms with Gasteiger partial charge in [-0.25, -0.2) is 4.79 Å². The van der Waals surface area contributed by atoms with Crippen LogP contribution in [0.25, 0.3) is 0 Å². The van der Waals surface area contributed by atoms with E-state index in [0.29, 0.717) is 11.8 Å². The molecule has 1 fully saturated rings. The van der Waals surface area contributed by atoms with Crippen LogP contribution < -0.4 is 0 Å². The van der Waals surface area contributed by atoms with Crippen LogP contribution in [-0.2, 0) is 9.53 Å². The molecule has 0 bridgehead atoms. The average Bonchev–Trinajstić information content (AvgIpc) is 2.83. The molecule has 2 atom stereocenters. The van der Waals surface area contributed by atoms with Crippen molar-refractivity contribution in [2.75, 3.05) is 0 Å². The van der Waals surface area contributed by atoms with Gasteiger partial charge in [0.05, 0.1) is 0 Å². The summed E-state index contributed by atoms with van der Waals surface area (Å²) in [5.74, 6) is 0.746. The molecule has 0 N–H and O–H groups in total. The van der Waals surface area contributed by atoms with Crippen molar-refractivity contribution in [3.05, 3.63) is 48.0 Å². The van der Waals surface area contributed by atoms with Gasteiger partial charge in [-0.15, -0.1) is 0 Å². The quantitative estimate of drug-likeness (QED) is 0.599. The van der Waals surface area contributed by atoms with E-state index in [1.165, 1.54) is 18.4 Å². The van der Waals surface area contributed by atoms with E-state index in [4.69, 9.17) is 4.74 Å². The van der Waals surface area contributed by atoms with Gasteiger partial charge in [-0.2, -0.15) is 0 Å². The maximum Gasteiger partial charge on any atom is 0.330 e. The number of hydrogen-bond acceptors (Lipinski definition) is 2. The number of esters is 1. The van der Waals surface area contributed by atoms with Gasteiger partial charge < -0.3 is 4.74 Å². The summed E-state index contributed by atoms with van der Waals surface area (Å²) in [6.07, 6.45) is 7.23. The van der Waals surface area contributed by atoms with Crippen LogP contribution in [0.2, 0.25) is 0 Å². The molecule has 0 saturated heterocycles. The van der Waals surface area contributed by atoms with Gasteiger partial charge in [0.2, 0.25) is 0 Å². The van der Waals surface area contributed by atoms with Crippen LogP contribution in [0.3, 0.4) is 0 Å². The first kappa shape index (κ1) is 14.8. The highest BCUT2D eigenvalue weighted by Gasteiger charge is 2.26. The molecule has 0 heterocycles. The molecule has 0 spiro atoms. The first-order valence-electron chi connectivity index (χ1n) is 7.42. The largest absolute Gasteiger partial charge is 0.457 e. The number of rotatable bonds is 3. The second-order valence-corrected chi connectivity index (χ2v) is 6.50. The minimum Gasteiger partial charge on any atom is -0.457 e. The van der Waals surface area contributed by atoms with Gasteiger partial charge in [0.1, 0.15) is 5.60 Å². The standard InChI is InChI=1S/C18H24O2/c1-18(2,3)20-17(19)13-12-15-10-7-11-16(15)14-8-5-4-6-9-14/h4-6,8-9,12-13,15-16H,7,10-11H2,1-3H3/b13-12+/t15-,16-/m0/s1. The van der Waals surface area contributed by atoms with Gasteiger partial charge in [0, 0.05) is 6.08 Å². The lowest BCUT2D eigenvalue weighted by atomic mass is 9.89. The van der Waals surface area contributed by atoms with Gasteiger partial charge in [-0.05, 0) is 51.0 Å². The minimum atomic E-state index is -0.421. The first-order valence-corrected chi connectivity index (χ1v) is 7.42. The Morgan fingerprint density at radius 1 is 1.20 bits per heavy atom. The third-order valence-corrected chi connectivity index (χ3v) is 3.68. The predicted molar refractivity (Wildman–Crippen MR) is 81.5 cm³/mol. The summed E-state index contributed by atoms with van der Waals surface area (Å²) in [7, 11) is 0. The molecule has 108 valence electrons. The number of hydrogen-bond donors (Lipinski definition) is 0. The second-order valence-electron chi connectivity index (χ2n) is 6.50. The third kappa shape index (κ3) is 4.22. The van der Waals surface area contributed by atoms with Crippen molar-refractivity contribution >= 4 is 5.97 Å². The maximum absolute atomic E-state index is 11.7. The van der Waals surface area contributed by atoms with Crippen molar-refractivity contribution in [2.24, 2.45) is 5.92 Å². The average molecular weight is 272 g/mol. The molecule has 20 heavy (non-hydrogen) atoms. The molecule has 1 saturated carbocycles. The van der Waals surface area contributed by atoms with Crippen molar-refractivity contribution in [2.45, 2.75) is 51.6 Å². The summed E-state index contributed by atoms with van der Waals surface area (Å²) in [6.45, 7) is 5.67. The fraction of sp³-hybridized carbons (Fsp3) is 0.500. The van der Waals surface area contributed by atoms with Crippen molar-refractivity contribution in [3.63, 3.8) is 0 Å². The van der Waals surface area contributed by atoms with Gasteiger partial charge in [-0.1, -0.05) is 42.8 Å². The lowest BCUT2D eigenvalue weighted by molar-refractivity contribution is -0.148. The zero-order chi connectivity index (χ0) is 14.6. The normalized spacial score (nSPS) is 23.1. The van der Waals surface area contributed by atoms with E-state index < -0.39 is 5.60 Å². The summed E-state index contributed by atoms with van der Waals surface area (Å²) in [6, 6.07) is 10.6. The predicted octanol–water partition coefficient (Wildman–Crippen LogP) is 4.47. The van der Waals surface area contributed by atoms with E-state index >= 15 is 0 Å². The molecular formula is C18H24O2. The van der Waals surface area contributed by atoms with Crippen molar-refractivity contribution in [1.29, 1.82) is 0 Å². The van der Waals surface area contributed by atoms with Crippen LogP contribution in [0.15, 0.2) is 42.5 Å². The molecule has 0 amide bonds. The van der Waals surface area contributed by atoms with Crippen molar-refractivity contribution in [1.82, 2.24) is 0 Å². The van der Waals surface area contributed by atoms with Crippen LogP contribution >= 0.6 is 0 Å². The Balaban J connectivity index is 2.00. The first-order chi connectivity index (χ1) is 9.46. The molecule has 2 nitrogen and oxygen atoms in total. The van der Waals surface area contributed by atoms with Crippen LogP contribution in [0, 0.1) is 5.92 Å². The summed E-state index contributed by atoms with van der Waals surface area (Å²) in [4.78, 5) is 11.7. The second kappa shape index (κ2) is 6.25. The SMILES string of the molecule is CC(C)(C)OC(=O)/C=C/[C@@H]1CCC[C@H]1c1ccccc1. The fourth-order valence-electron chi connectivity index (χ4n) is 2.87. The Hall–Kier alpha value is -1.57. The molecule has 2 rings (SSSR count). The van der Waals surface area contributed by atoms with E-state index in [0.717, 1.165) is 6.42 Å². The van der Waals surface area contributed by atoms with Crippen LogP contribution in [0.1, 0.15) is 51.5 Å². The fourth-order valence-corrected chi connectivity index (χ4v) is 2.87. The molecule has 1 aliphatic carbocycles. The summed E-state index contributed by atoms with van der Waals surface area (Å²) >= 11 is 0. The smallest absolute Gasteiger partial charge is 0.330 e. The Kier molecular flexibility index (Phi) is 4.64. The van der Waals surface area contributed by atoms with Gasteiger partial charge in [-0.3, -0.25) is 0 Å². The summed E-state index contributed by atoms with van der Waals surface area (Å²) in [5.41, 5.74) is 0.958. The van der Waals surface area contributed by atoms with Crippen LogP contribution in [0.4, 0.5) is 0 Å². The molecule has 0 radical (unpaired) electrons. The third-order valence-electron chi connectivity index (χ3n) is 3.68.